The van der Waals surface area contributed by atoms with Crippen molar-refractivity contribution in [2.24, 2.45) is 5.92 Å². The third-order valence-electron chi connectivity index (χ3n) is 4.14. The van der Waals surface area contributed by atoms with E-state index in [-0.39, 0.29) is 5.92 Å². The average Bonchev–Trinajstić information content (AvgIpc) is 2.41. The van der Waals surface area contributed by atoms with Crippen molar-refractivity contribution in [1.29, 1.82) is 0 Å². The molecule has 1 fully saturated rings. The number of carboxylic acid groups (broad SMARTS) is 1. The number of rotatable bonds is 4. The van der Waals surface area contributed by atoms with Crippen LogP contribution in [-0.2, 0) is 4.79 Å². The lowest BCUT2D eigenvalue weighted by Crippen LogP contribution is -2.41. The standard InChI is InChI=1S/C15H20ClNO3/c1-10-12(16)3-2-4-13(10)17-9-15(20)7-5-11(6-8-15)14(18)19/h2-4,11,17,20H,5-9H2,1H3,(H,18,19). The zero-order valence-corrected chi connectivity index (χ0v) is 12.3. The Morgan fingerprint density at radius 3 is 2.70 bits per heavy atom. The summed E-state index contributed by atoms with van der Waals surface area (Å²) in [5.41, 5.74) is 1.03. The Labute approximate surface area is 123 Å². The van der Waals surface area contributed by atoms with Crippen LogP contribution in [0.4, 0.5) is 5.69 Å². The molecule has 0 aliphatic heterocycles. The summed E-state index contributed by atoms with van der Waals surface area (Å²) < 4.78 is 0. The molecule has 0 unspecified atom stereocenters. The van der Waals surface area contributed by atoms with E-state index >= 15 is 0 Å². The van der Waals surface area contributed by atoms with Gasteiger partial charge in [0.15, 0.2) is 0 Å². The van der Waals surface area contributed by atoms with Gasteiger partial charge >= 0.3 is 5.97 Å². The molecule has 0 radical (unpaired) electrons. The van der Waals surface area contributed by atoms with E-state index in [9.17, 15) is 9.90 Å². The highest BCUT2D eigenvalue weighted by Gasteiger charge is 2.35. The van der Waals surface area contributed by atoms with Crippen molar-refractivity contribution in [1.82, 2.24) is 0 Å². The van der Waals surface area contributed by atoms with Crippen LogP contribution in [0.15, 0.2) is 18.2 Å². The van der Waals surface area contributed by atoms with E-state index in [2.05, 4.69) is 5.32 Å². The maximum atomic E-state index is 10.9. The lowest BCUT2D eigenvalue weighted by atomic mass is 9.79. The molecule has 0 atom stereocenters. The summed E-state index contributed by atoms with van der Waals surface area (Å²) in [6, 6.07) is 5.62. The summed E-state index contributed by atoms with van der Waals surface area (Å²) in [7, 11) is 0. The van der Waals surface area contributed by atoms with E-state index in [1.807, 2.05) is 25.1 Å². The summed E-state index contributed by atoms with van der Waals surface area (Å²) in [5.74, 6) is -1.08. The van der Waals surface area contributed by atoms with Crippen molar-refractivity contribution in [3.63, 3.8) is 0 Å². The van der Waals surface area contributed by atoms with Gasteiger partial charge in [0.1, 0.15) is 0 Å². The molecule has 0 bridgehead atoms. The molecular weight excluding hydrogens is 278 g/mol. The van der Waals surface area contributed by atoms with Crippen LogP contribution in [0.2, 0.25) is 5.02 Å². The largest absolute Gasteiger partial charge is 0.481 e. The molecule has 4 nitrogen and oxygen atoms in total. The van der Waals surface area contributed by atoms with Crippen molar-refractivity contribution < 1.29 is 15.0 Å². The second-order valence-electron chi connectivity index (χ2n) is 5.60. The Kier molecular flexibility index (Phi) is 4.55. The smallest absolute Gasteiger partial charge is 0.306 e. The number of benzene rings is 1. The van der Waals surface area contributed by atoms with Crippen LogP contribution >= 0.6 is 11.6 Å². The number of carboxylic acids is 1. The summed E-state index contributed by atoms with van der Waals surface area (Å²) in [6.45, 7) is 2.34. The van der Waals surface area contributed by atoms with Crippen LogP contribution in [0, 0.1) is 12.8 Å². The molecule has 110 valence electrons. The lowest BCUT2D eigenvalue weighted by Gasteiger charge is -2.35. The molecule has 0 saturated heterocycles. The highest BCUT2D eigenvalue weighted by Crippen LogP contribution is 2.33. The SMILES string of the molecule is Cc1c(Cl)cccc1NCC1(O)CCC(C(=O)O)CC1. The molecule has 0 heterocycles. The number of aliphatic carboxylic acids is 1. The molecule has 5 heteroatoms. The van der Waals surface area contributed by atoms with E-state index in [1.54, 1.807) is 0 Å². The van der Waals surface area contributed by atoms with Crippen molar-refractivity contribution >= 4 is 23.3 Å². The maximum absolute atomic E-state index is 10.9. The van der Waals surface area contributed by atoms with Crippen LogP contribution < -0.4 is 5.32 Å². The Balaban J connectivity index is 1.94. The van der Waals surface area contributed by atoms with E-state index in [0.717, 1.165) is 11.3 Å². The summed E-state index contributed by atoms with van der Waals surface area (Å²) in [4.78, 5) is 10.9. The van der Waals surface area contributed by atoms with Gasteiger partial charge in [0, 0.05) is 17.3 Å². The third-order valence-corrected chi connectivity index (χ3v) is 4.55. The van der Waals surface area contributed by atoms with E-state index in [1.165, 1.54) is 0 Å². The van der Waals surface area contributed by atoms with Gasteiger partial charge in [-0.05, 0) is 50.3 Å². The fourth-order valence-electron chi connectivity index (χ4n) is 2.64. The Morgan fingerprint density at radius 1 is 1.45 bits per heavy atom. The minimum atomic E-state index is -0.833. The second kappa shape index (κ2) is 6.02. The lowest BCUT2D eigenvalue weighted by molar-refractivity contribution is -0.144. The Bertz CT molecular complexity index is 496. The molecule has 0 spiro atoms. The first kappa shape index (κ1) is 15.1. The number of hydrogen-bond acceptors (Lipinski definition) is 3. The Morgan fingerprint density at radius 2 is 2.10 bits per heavy atom. The van der Waals surface area contributed by atoms with Gasteiger partial charge in [-0.15, -0.1) is 0 Å². The van der Waals surface area contributed by atoms with Crippen molar-refractivity contribution in [2.45, 2.75) is 38.2 Å². The van der Waals surface area contributed by atoms with Gasteiger partial charge in [-0.1, -0.05) is 17.7 Å². The molecule has 1 aromatic rings. The maximum Gasteiger partial charge on any atom is 0.306 e. The molecule has 3 N–H and O–H groups in total. The molecule has 0 aromatic heterocycles. The highest BCUT2D eigenvalue weighted by molar-refractivity contribution is 6.31. The first-order chi connectivity index (χ1) is 9.41. The normalized spacial score (nSPS) is 26.2. The van der Waals surface area contributed by atoms with Crippen LogP contribution in [0.1, 0.15) is 31.2 Å². The van der Waals surface area contributed by atoms with Gasteiger partial charge in [0.2, 0.25) is 0 Å². The molecule has 1 aliphatic carbocycles. The van der Waals surface area contributed by atoms with Gasteiger partial charge in [0.05, 0.1) is 11.5 Å². The van der Waals surface area contributed by atoms with Crippen molar-refractivity contribution in [2.75, 3.05) is 11.9 Å². The van der Waals surface area contributed by atoms with Crippen molar-refractivity contribution in [3.8, 4) is 0 Å². The molecule has 1 saturated carbocycles. The highest BCUT2D eigenvalue weighted by atomic mass is 35.5. The zero-order chi connectivity index (χ0) is 14.8. The molecule has 20 heavy (non-hydrogen) atoms. The van der Waals surface area contributed by atoms with Gasteiger partial charge < -0.3 is 15.5 Å². The quantitative estimate of drug-likeness (QED) is 0.799. The van der Waals surface area contributed by atoms with Gasteiger partial charge in [-0.2, -0.15) is 0 Å². The number of carbonyl (C=O) groups is 1. The van der Waals surface area contributed by atoms with E-state index in [0.29, 0.717) is 37.3 Å². The topological polar surface area (TPSA) is 69.6 Å². The van der Waals surface area contributed by atoms with E-state index < -0.39 is 11.6 Å². The summed E-state index contributed by atoms with van der Waals surface area (Å²) in [6.07, 6.45) is 2.08. The first-order valence-electron chi connectivity index (χ1n) is 6.85. The van der Waals surface area contributed by atoms with Gasteiger partial charge in [-0.3, -0.25) is 4.79 Å². The van der Waals surface area contributed by atoms with Gasteiger partial charge in [0.25, 0.3) is 0 Å². The minimum Gasteiger partial charge on any atom is -0.481 e. The number of hydrogen-bond donors (Lipinski definition) is 3. The predicted octanol–water partition coefficient (Wildman–Crippen LogP) is 3.07. The monoisotopic (exact) mass is 297 g/mol. The molecule has 1 aromatic carbocycles. The number of aliphatic hydroxyl groups is 1. The first-order valence-corrected chi connectivity index (χ1v) is 7.23. The second-order valence-corrected chi connectivity index (χ2v) is 6.01. The molecule has 0 amide bonds. The van der Waals surface area contributed by atoms with Crippen LogP contribution in [0.3, 0.4) is 0 Å². The average molecular weight is 298 g/mol. The van der Waals surface area contributed by atoms with Gasteiger partial charge in [-0.25, -0.2) is 0 Å². The number of nitrogens with one attached hydrogen (secondary N) is 1. The zero-order valence-electron chi connectivity index (χ0n) is 11.5. The van der Waals surface area contributed by atoms with E-state index in [4.69, 9.17) is 16.7 Å². The van der Waals surface area contributed by atoms with Crippen LogP contribution in [0.25, 0.3) is 0 Å². The fraction of sp³-hybridized carbons (Fsp3) is 0.533. The fourth-order valence-corrected chi connectivity index (χ4v) is 2.81. The summed E-state index contributed by atoms with van der Waals surface area (Å²) in [5, 5.41) is 23.4. The molecule has 1 aliphatic rings. The van der Waals surface area contributed by atoms with Crippen LogP contribution in [0.5, 0.6) is 0 Å². The third kappa shape index (κ3) is 3.44. The predicted molar refractivity (Wildman–Crippen MR) is 79.2 cm³/mol. The number of halogens is 1. The minimum absolute atomic E-state index is 0.316. The van der Waals surface area contributed by atoms with Crippen molar-refractivity contribution in [3.05, 3.63) is 28.8 Å². The van der Waals surface area contributed by atoms with Crippen LogP contribution in [-0.4, -0.2) is 28.3 Å². The molecular formula is C15H20ClNO3. The molecule has 2 rings (SSSR count). The number of anilines is 1. The Hall–Kier alpha value is -1.26. The summed E-state index contributed by atoms with van der Waals surface area (Å²) >= 11 is 6.06.